The Hall–Kier alpha value is -0.650. The molecule has 0 heterocycles. The molecule has 0 aliphatic rings. The van der Waals surface area contributed by atoms with Crippen molar-refractivity contribution in [1.82, 2.24) is 10.2 Å². The molecule has 0 spiro atoms. The van der Waals surface area contributed by atoms with E-state index in [1.807, 2.05) is 0 Å². The number of carboxylic acids is 3. The third-order valence-electron chi connectivity index (χ3n) is 9.06. The summed E-state index contributed by atoms with van der Waals surface area (Å²) < 4.78 is 0. The molecule has 2 N–H and O–H groups in total. The van der Waals surface area contributed by atoms with Crippen molar-refractivity contribution in [1.29, 1.82) is 0 Å². The van der Waals surface area contributed by atoms with Crippen molar-refractivity contribution in [3.63, 3.8) is 0 Å². The SMILES string of the molecule is CCCCCCCCCCCCCCCC(=O)N(C)CC(=O)[O-].CCCCCCCCCCCCCCCC(=O)N[C@@H](CCC(=O)[O-])C(=O)O.[Na+].[Na+]. The van der Waals surface area contributed by atoms with Gasteiger partial charge in [0.15, 0.2) is 0 Å². The zero-order valence-electron chi connectivity index (χ0n) is 34.2. The second-order valence-corrected chi connectivity index (χ2v) is 14.0. The van der Waals surface area contributed by atoms with E-state index in [2.05, 4.69) is 19.2 Å². The fourth-order valence-electron chi connectivity index (χ4n) is 5.86. The predicted molar refractivity (Wildman–Crippen MR) is 197 cm³/mol. The van der Waals surface area contributed by atoms with Crippen molar-refractivity contribution in [3.05, 3.63) is 0 Å². The molecule has 52 heavy (non-hydrogen) atoms. The summed E-state index contributed by atoms with van der Waals surface area (Å²) >= 11 is 0. The smallest absolute Gasteiger partial charge is 0.550 e. The fraction of sp³-hybridized carbons (Fsp3) is 0.875. The fourth-order valence-corrected chi connectivity index (χ4v) is 5.86. The Bertz CT molecular complexity index is 863. The third kappa shape index (κ3) is 45.5. The van der Waals surface area contributed by atoms with Crippen LogP contribution in [0.5, 0.6) is 0 Å². The second kappa shape index (κ2) is 44.7. The second-order valence-electron chi connectivity index (χ2n) is 14.0. The number of nitrogens with zero attached hydrogens (tertiary/aromatic N) is 1. The van der Waals surface area contributed by atoms with Crippen LogP contribution in [0.2, 0.25) is 0 Å². The van der Waals surface area contributed by atoms with Gasteiger partial charge < -0.3 is 35.1 Å². The van der Waals surface area contributed by atoms with E-state index in [-0.39, 0.29) is 96.7 Å². The summed E-state index contributed by atoms with van der Waals surface area (Å²) in [5.74, 6) is -4.16. The van der Waals surface area contributed by atoms with E-state index in [0.29, 0.717) is 6.42 Å². The number of carboxylic acid groups (broad SMARTS) is 3. The molecule has 0 aromatic heterocycles. The molecule has 0 bridgehead atoms. The summed E-state index contributed by atoms with van der Waals surface area (Å²) in [6, 6.07) is -1.16. The zero-order valence-corrected chi connectivity index (χ0v) is 38.2. The summed E-state index contributed by atoms with van der Waals surface area (Å²) in [5.41, 5.74) is 0. The molecule has 294 valence electrons. The molecule has 10 nitrogen and oxygen atoms in total. The molecule has 0 unspecified atom stereocenters. The van der Waals surface area contributed by atoms with Crippen molar-refractivity contribution >= 4 is 29.7 Å². The van der Waals surface area contributed by atoms with Gasteiger partial charge in [0.2, 0.25) is 11.8 Å². The van der Waals surface area contributed by atoms with Crippen LogP contribution in [0, 0.1) is 0 Å². The number of amides is 2. The van der Waals surface area contributed by atoms with Gasteiger partial charge in [0, 0.05) is 25.9 Å². The van der Waals surface area contributed by atoms with Crippen LogP contribution in [0.4, 0.5) is 0 Å². The van der Waals surface area contributed by atoms with E-state index in [1.54, 1.807) is 0 Å². The van der Waals surface area contributed by atoms with Crippen molar-refractivity contribution in [2.45, 2.75) is 213 Å². The number of carbonyl (C=O) groups is 5. The quantitative estimate of drug-likeness (QED) is 0.0721. The first kappa shape index (κ1) is 58.1. The maximum Gasteiger partial charge on any atom is 1.00 e. The Kier molecular flexibility index (Phi) is 50.0. The number of aliphatic carboxylic acids is 3. The molecule has 12 heteroatoms. The molecular weight excluding hydrogens is 682 g/mol. The number of carbonyl (C=O) groups excluding carboxylic acids is 4. The van der Waals surface area contributed by atoms with Crippen LogP contribution in [0.3, 0.4) is 0 Å². The minimum Gasteiger partial charge on any atom is -0.550 e. The first-order chi connectivity index (χ1) is 24.0. The first-order valence-corrected chi connectivity index (χ1v) is 20.2. The first-order valence-electron chi connectivity index (χ1n) is 20.2. The average Bonchev–Trinajstić information content (AvgIpc) is 3.06. The van der Waals surface area contributed by atoms with E-state index >= 15 is 0 Å². The van der Waals surface area contributed by atoms with Gasteiger partial charge in [-0.1, -0.05) is 168 Å². The van der Waals surface area contributed by atoms with E-state index < -0.39 is 23.9 Å². The van der Waals surface area contributed by atoms with Crippen LogP contribution in [-0.2, 0) is 24.0 Å². The van der Waals surface area contributed by atoms with Crippen molar-refractivity contribution in [3.8, 4) is 0 Å². The molecule has 0 aliphatic heterocycles. The molecule has 0 aromatic rings. The summed E-state index contributed by atoms with van der Waals surface area (Å²) in [4.78, 5) is 56.4. The predicted octanol–water partition coefficient (Wildman–Crippen LogP) is 1.25. The van der Waals surface area contributed by atoms with Crippen LogP contribution >= 0.6 is 0 Å². The van der Waals surface area contributed by atoms with Gasteiger partial charge >= 0.3 is 65.1 Å². The minimum atomic E-state index is -1.31. The Balaban J connectivity index is -0.000000432. The van der Waals surface area contributed by atoms with E-state index in [0.717, 1.165) is 32.1 Å². The van der Waals surface area contributed by atoms with Gasteiger partial charge in [-0.25, -0.2) is 4.79 Å². The van der Waals surface area contributed by atoms with Crippen molar-refractivity contribution in [2.75, 3.05) is 13.6 Å². The minimum absolute atomic E-state index is 0. The number of rotatable bonds is 35. The molecule has 0 aromatic carbocycles. The largest absolute Gasteiger partial charge is 1.00 e. The third-order valence-corrected chi connectivity index (χ3v) is 9.06. The van der Waals surface area contributed by atoms with E-state index in [9.17, 15) is 34.2 Å². The molecule has 0 fully saturated rings. The number of unbranched alkanes of at least 4 members (excludes halogenated alkanes) is 24. The maximum atomic E-state index is 11.8. The van der Waals surface area contributed by atoms with Gasteiger partial charge in [0.05, 0.1) is 12.5 Å². The summed E-state index contributed by atoms with van der Waals surface area (Å²) in [7, 11) is 1.51. The number of hydrogen-bond donors (Lipinski definition) is 2. The van der Waals surface area contributed by atoms with Crippen LogP contribution in [-0.4, -0.2) is 59.4 Å². The summed E-state index contributed by atoms with van der Waals surface area (Å²) in [6.07, 6.45) is 32.7. The number of likely N-dealkylation sites (N-methyl/N-ethyl adjacent to an activating group) is 1. The molecule has 2 amide bonds. The van der Waals surface area contributed by atoms with Gasteiger partial charge in [0.1, 0.15) is 6.04 Å². The van der Waals surface area contributed by atoms with Crippen LogP contribution in [0.15, 0.2) is 0 Å². The topological polar surface area (TPSA) is 167 Å². The summed E-state index contributed by atoms with van der Waals surface area (Å²) in [6.45, 7) is 4.18. The maximum absolute atomic E-state index is 11.8. The molecule has 0 aliphatic carbocycles. The molecular formula is C40H74N2Na2O8. The number of hydrogen-bond acceptors (Lipinski definition) is 7. The van der Waals surface area contributed by atoms with Gasteiger partial charge in [-0.15, -0.1) is 0 Å². The Morgan fingerprint density at radius 3 is 1.15 bits per heavy atom. The summed E-state index contributed by atoms with van der Waals surface area (Å²) in [5, 5.41) is 32.2. The monoisotopic (exact) mass is 757 g/mol. The van der Waals surface area contributed by atoms with Crippen LogP contribution in [0.1, 0.15) is 206 Å². The Morgan fingerprint density at radius 2 is 0.846 bits per heavy atom. The Labute approximate surface area is 361 Å². The molecule has 1 atom stereocenters. The Morgan fingerprint density at radius 1 is 0.519 bits per heavy atom. The zero-order chi connectivity index (χ0) is 37.7. The standard InChI is InChI=1S/C21H39NO5.C19H37NO3.2Na/c1-2-3-4-5-6-7-8-9-10-11-12-13-14-15-19(23)22-18(21(26)27)16-17-20(24)25;1-3-4-5-6-7-8-9-10-11-12-13-14-15-16-18(21)20(2)17-19(22)23;;/h18H,2-17H2,1H3,(H,22,23)(H,24,25)(H,26,27);3-17H2,1-2H3,(H,22,23);;/q;;2*+1/p-2/t18-;;;/m0.../s1. The van der Waals surface area contributed by atoms with E-state index in [4.69, 9.17) is 5.11 Å². The molecule has 0 saturated carbocycles. The molecule has 0 saturated heterocycles. The number of nitrogens with one attached hydrogen (secondary N) is 1. The van der Waals surface area contributed by atoms with Gasteiger partial charge in [-0.2, -0.15) is 0 Å². The van der Waals surface area contributed by atoms with Crippen molar-refractivity contribution in [2.24, 2.45) is 0 Å². The molecule has 0 radical (unpaired) electrons. The van der Waals surface area contributed by atoms with Gasteiger partial charge in [-0.3, -0.25) is 9.59 Å². The van der Waals surface area contributed by atoms with Crippen molar-refractivity contribution < 1.29 is 98.4 Å². The van der Waals surface area contributed by atoms with Crippen LogP contribution in [0.25, 0.3) is 0 Å². The van der Waals surface area contributed by atoms with Gasteiger partial charge in [-0.05, 0) is 25.7 Å². The average molecular weight is 757 g/mol. The van der Waals surface area contributed by atoms with Crippen LogP contribution < -0.4 is 74.6 Å². The van der Waals surface area contributed by atoms with E-state index in [1.165, 1.54) is 147 Å². The molecule has 0 rings (SSSR count). The normalized spacial score (nSPS) is 10.9. The van der Waals surface area contributed by atoms with Gasteiger partial charge in [0.25, 0.3) is 0 Å².